The van der Waals surface area contributed by atoms with Gasteiger partial charge in [0.2, 0.25) is 11.8 Å². The number of benzene rings is 2. The number of amides is 3. The van der Waals surface area contributed by atoms with Crippen molar-refractivity contribution < 1.29 is 14.4 Å². The van der Waals surface area contributed by atoms with Crippen molar-refractivity contribution in [2.75, 3.05) is 37.7 Å². The van der Waals surface area contributed by atoms with Crippen LogP contribution in [-0.2, 0) is 9.59 Å². The second kappa shape index (κ2) is 12.1. The molecule has 224 valence electrons. The van der Waals surface area contributed by atoms with Crippen LogP contribution in [0, 0.1) is 11.3 Å². The van der Waals surface area contributed by atoms with Gasteiger partial charge in [-0.05, 0) is 85.9 Å². The predicted octanol–water partition coefficient (Wildman–Crippen LogP) is 7.04. The molecular formula is C32H35Cl3IN3O3. The average Bonchev–Trinajstić information content (AvgIpc) is 3.95. The number of rotatable bonds is 7. The van der Waals surface area contributed by atoms with E-state index >= 15 is 0 Å². The van der Waals surface area contributed by atoms with Crippen molar-refractivity contribution in [3.8, 4) is 0 Å². The minimum Gasteiger partial charge on any atom is -0.342 e. The number of carbonyl (C=O) groups excluding carboxylic acids is 3. The second-order valence-electron chi connectivity index (χ2n) is 12.5. The number of nitrogens with zero attached hydrogens (tertiary/aromatic N) is 3. The van der Waals surface area contributed by atoms with Crippen LogP contribution in [0.5, 0.6) is 0 Å². The van der Waals surface area contributed by atoms with E-state index in [4.69, 9.17) is 34.8 Å². The Kier molecular flexibility index (Phi) is 8.77. The van der Waals surface area contributed by atoms with Gasteiger partial charge in [-0.1, -0.05) is 63.5 Å². The van der Waals surface area contributed by atoms with Crippen molar-refractivity contribution >= 4 is 75.1 Å². The highest BCUT2D eigenvalue weighted by Crippen LogP contribution is 2.49. The van der Waals surface area contributed by atoms with Crippen molar-refractivity contribution in [2.45, 2.75) is 56.4 Å². The molecule has 0 bridgehead atoms. The Hall–Kier alpha value is -1.55. The first-order valence-electron chi connectivity index (χ1n) is 14.8. The van der Waals surface area contributed by atoms with Crippen molar-refractivity contribution in [3.63, 3.8) is 0 Å². The van der Waals surface area contributed by atoms with Gasteiger partial charge in [0.1, 0.15) is 0 Å². The summed E-state index contributed by atoms with van der Waals surface area (Å²) in [6.45, 7) is 2.18. The number of likely N-dealkylation sites (N-methyl/N-ethyl adjacent to an activating group) is 1. The molecule has 2 aliphatic heterocycles. The first-order valence-corrected chi connectivity index (χ1v) is 17.4. The van der Waals surface area contributed by atoms with Crippen LogP contribution in [0.15, 0.2) is 36.4 Å². The number of alkyl halides is 1. The standard InChI is InChI=1S/C32H35Cl3IN3O3/c1-37(29(40)22-5-6-25(33)23(14-22)19-2-3-19)28-17-39(16-24(28)21-4-7-26(34)27(35)15-21)30(41)20-8-12-38(13-9-20)31(42)32(18-36)10-11-32/h4-7,14-15,19-20,24,28H,2-3,8-13,16-18H2,1H3/t24-,28+/m0/s1. The summed E-state index contributed by atoms with van der Waals surface area (Å²) < 4.78 is 0.859. The van der Waals surface area contributed by atoms with Crippen LogP contribution >= 0.6 is 57.4 Å². The number of halogens is 4. The minimum atomic E-state index is -0.237. The summed E-state index contributed by atoms with van der Waals surface area (Å²) in [5.41, 5.74) is 2.44. The summed E-state index contributed by atoms with van der Waals surface area (Å²) in [7, 11) is 1.82. The Labute approximate surface area is 276 Å². The maximum Gasteiger partial charge on any atom is 0.253 e. The number of piperidine rings is 1. The molecule has 2 atom stereocenters. The van der Waals surface area contributed by atoms with Gasteiger partial charge in [-0.2, -0.15) is 0 Å². The topological polar surface area (TPSA) is 60.9 Å². The number of likely N-dealkylation sites (tertiary alicyclic amines) is 2. The van der Waals surface area contributed by atoms with E-state index in [0.29, 0.717) is 65.6 Å². The van der Waals surface area contributed by atoms with Crippen molar-refractivity contribution in [1.29, 1.82) is 0 Å². The third-order valence-electron chi connectivity index (χ3n) is 9.74. The monoisotopic (exact) mass is 741 g/mol. The second-order valence-corrected chi connectivity index (χ2v) is 14.5. The van der Waals surface area contributed by atoms with Crippen molar-refractivity contribution in [1.82, 2.24) is 14.7 Å². The summed E-state index contributed by atoms with van der Waals surface area (Å²) in [6.07, 6.45) is 5.48. The average molecular weight is 743 g/mol. The smallest absolute Gasteiger partial charge is 0.253 e. The SMILES string of the molecule is CN(C(=O)c1ccc(Cl)c(C2CC2)c1)[C@@H]1CN(C(=O)C2CCN(C(=O)C3(CI)CC3)CC2)C[C@H]1c1ccc(Cl)c(Cl)c1. The van der Waals surface area contributed by atoms with Crippen molar-refractivity contribution in [2.24, 2.45) is 11.3 Å². The highest BCUT2D eigenvalue weighted by atomic mass is 127. The number of hydrogen-bond donors (Lipinski definition) is 0. The fraction of sp³-hybridized carbons (Fsp3) is 0.531. The summed E-state index contributed by atoms with van der Waals surface area (Å²) in [5, 5.41) is 1.63. The van der Waals surface area contributed by atoms with Gasteiger partial charge in [-0.3, -0.25) is 14.4 Å². The lowest BCUT2D eigenvalue weighted by Gasteiger charge is -2.35. The van der Waals surface area contributed by atoms with Gasteiger partial charge >= 0.3 is 0 Å². The largest absolute Gasteiger partial charge is 0.342 e. The molecule has 2 saturated heterocycles. The molecule has 0 N–H and O–H groups in total. The molecule has 10 heteroatoms. The van der Waals surface area contributed by atoms with Gasteiger partial charge in [-0.25, -0.2) is 0 Å². The van der Waals surface area contributed by atoms with Gasteiger partial charge < -0.3 is 14.7 Å². The Morgan fingerprint density at radius 1 is 0.905 bits per heavy atom. The molecule has 2 aliphatic carbocycles. The number of carbonyl (C=O) groups is 3. The van der Waals surface area contributed by atoms with Crippen LogP contribution in [0.3, 0.4) is 0 Å². The molecule has 0 unspecified atom stereocenters. The van der Waals surface area contributed by atoms with Gasteiger partial charge in [0.25, 0.3) is 5.91 Å². The van der Waals surface area contributed by atoms with Crippen LogP contribution in [0.2, 0.25) is 15.1 Å². The van der Waals surface area contributed by atoms with Gasteiger partial charge in [0, 0.05) is 60.1 Å². The molecule has 0 spiro atoms. The highest BCUT2D eigenvalue weighted by molar-refractivity contribution is 14.1. The van der Waals surface area contributed by atoms with Crippen LogP contribution in [0.4, 0.5) is 0 Å². The zero-order valence-corrected chi connectivity index (χ0v) is 28.1. The lowest BCUT2D eigenvalue weighted by atomic mass is 9.92. The molecule has 2 saturated carbocycles. The molecule has 6 nitrogen and oxygen atoms in total. The molecule has 6 rings (SSSR count). The Bertz CT molecular complexity index is 1400. The Morgan fingerprint density at radius 3 is 2.21 bits per heavy atom. The van der Waals surface area contributed by atoms with Crippen LogP contribution in [0.25, 0.3) is 0 Å². The van der Waals surface area contributed by atoms with Gasteiger partial charge in [0.15, 0.2) is 0 Å². The van der Waals surface area contributed by atoms with E-state index in [1.54, 1.807) is 17.0 Å². The summed E-state index contributed by atoms with van der Waals surface area (Å²) in [6, 6.07) is 10.9. The van der Waals surface area contributed by atoms with Crippen LogP contribution < -0.4 is 0 Å². The molecule has 2 aromatic rings. The quantitative estimate of drug-likeness (QED) is 0.226. The van der Waals surface area contributed by atoms with E-state index in [1.807, 2.05) is 41.1 Å². The third-order valence-corrected chi connectivity index (χ3v) is 12.3. The zero-order chi connectivity index (χ0) is 29.8. The zero-order valence-electron chi connectivity index (χ0n) is 23.6. The molecule has 0 radical (unpaired) electrons. The highest BCUT2D eigenvalue weighted by Gasteiger charge is 2.51. The molecule has 4 fully saturated rings. The lowest BCUT2D eigenvalue weighted by molar-refractivity contribution is -0.142. The fourth-order valence-corrected chi connectivity index (χ4v) is 8.31. The van der Waals surface area contributed by atoms with Crippen LogP contribution in [-0.4, -0.2) is 76.1 Å². The summed E-state index contributed by atoms with van der Waals surface area (Å²) in [5.74, 6) is 0.457. The summed E-state index contributed by atoms with van der Waals surface area (Å²) in [4.78, 5) is 46.4. The van der Waals surface area contributed by atoms with Crippen molar-refractivity contribution in [3.05, 3.63) is 68.2 Å². The maximum absolute atomic E-state index is 13.9. The van der Waals surface area contributed by atoms with Crippen LogP contribution in [0.1, 0.15) is 71.8 Å². The molecule has 2 heterocycles. The van der Waals surface area contributed by atoms with E-state index < -0.39 is 0 Å². The Morgan fingerprint density at radius 2 is 1.60 bits per heavy atom. The lowest BCUT2D eigenvalue weighted by Crippen LogP contribution is -2.47. The first-order chi connectivity index (χ1) is 20.1. The summed E-state index contributed by atoms with van der Waals surface area (Å²) >= 11 is 21.4. The molecule has 42 heavy (non-hydrogen) atoms. The molecular weight excluding hydrogens is 708 g/mol. The van der Waals surface area contributed by atoms with Gasteiger partial charge in [-0.15, -0.1) is 0 Å². The van der Waals surface area contributed by atoms with Gasteiger partial charge in [0.05, 0.1) is 21.5 Å². The molecule has 3 amide bonds. The number of hydrogen-bond acceptors (Lipinski definition) is 3. The van der Waals surface area contributed by atoms with E-state index in [9.17, 15) is 14.4 Å². The molecule has 0 aromatic heterocycles. The van der Waals surface area contributed by atoms with E-state index in [-0.39, 0.29) is 41.0 Å². The Balaban J connectivity index is 1.19. The van der Waals surface area contributed by atoms with E-state index in [2.05, 4.69) is 22.6 Å². The first kappa shape index (κ1) is 30.5. The third kappa shape index (κ3) is 5.92. The molecule has 4 aliphatic rings. The predicted molar refractivity (Wildman–Crippen MR) is 175 cm³/mol. The molecule has 2 aromatic carbocycles. The fourth-order valence-electron chi connectivity index (χ4n) is 6.65. The minimum absolute atomic E-state index is 0.0889. The normalized spacial score (nSPS) is 23.6. The van der Waals surface area contributed by atoms with E-state index in [1.165, 1.54) is 0 Å². The maximum atomic E-state index is 13.9. The van der Waals surface area contributed by atoms with E-state index in [0.717, 1.165) is 41.2 Å².